The van der Waals surface area contributed by atoms with Crippen LogP contribution in [0.15, 0.2) is 42.0 Å². The summed E-state index contributed by atoms with van der Waals surface area (Å²) in [7, 11) is 1.64. The summed E-state index contributed by atoms with van der Waals surface area (Å²) in [6.45, 7) is 3.63. The first-order chi connectivity index (χ1) is 14.3. The van der Waals surface area contributed by atoms with Crippen LogP contribution in [0.1, 0.15) is 12.8 Å². The molecule has 29 heavy (non-hydrogen) atoms. The number of hydrogen-bond acceptors (Lipinski definition) is 8. The van der Waals surface area contributed by atoms with Gasteiger partial charge in [0.05, 0.1) is 19.0 Å². The third-order valence-electron chi connectivity index (χ3n) is 5.75. The largest absolute Gasteiger partial charge is 0.493 e. The zero-order valence-electron chi connectivity index (χ0n) is 16.3. The fourth-order valence-electron chi connectivity index (χ4n) is 4.19. The summed E-state index contributed by atoms with van der Waals surface area (Å²) in [5.41, 5.74) is 1.87. The predicted molar refractivity (Wildman–Crippen MR) is 116 cm³/mol. The Bertz CT molecular complexity index is 954. The summed E-state index contributed by atoms with van der Waals surface area (Å²) in [6.07, 6.45) is 6.26. The van der Waals surface area contributed by atoms with Crippen LogP contribution in [0.25, 0.3) is 10.7 Å². The second kappa shape index (κ2) is 7.96. The van der Waals surface area contributed by atoms with E-state index in [-0.39, 0.29) is 0 Å². The van der Waals surface area contributed by atoms with Crippen LogP contribution in [-0.2, 0) is 0 Å². The zero-order chi connectivity index (χ0) is 19.6. The van der Waals surface area contributed by atoms with E-state index in [9.17, 15) is 0 Å². The molecule has 0 amide bonds. The third-order valence-corrected chi connectivity index (χ3v) is 6.54. The lowest BCUT2D eigenvalue weighted by atomic mass is 9.84. The predicted octanol–water partition coefficient (Wildman–Crippen LogP) is 3.86. The van der Waals surface area contributed by atoms with E-state index >= 15 is 0 Å². The highest BCUT2D eigenvalue weighted by Gasteiger charge is 2.33. The van der Waals surface area contributed by atoms with Gasteiger partial charge in [-0.15, -0.1) is 11.3 Å². The molecule has 3 saturated heterocycles. The SMILES string of the molecule is COc1ccc(-c2nccs2)nc1Nc1ccc(NC2CN3CCC2CC3)cn1. The molecule has 150 valence electrons. The molecular formula is C21H24N6OS. The van der Waals surface area contributed by atoms with Crippen LogP contribution in [0.2, 0.25) is 0 Å². The molecule has 0 aliphatic carbocycles. The lowest BCUT2D eigenvalue weighted by Crippen LogP contribution is -2.53. The Morgan fingerprint density at radius 2 is 2.03 bits per heavy atom. The molecule has 6 heterocycles. The van der Waals surface area contributed by atoms with Gasteiger partial charge in [0, 0.05) is 24.2 Å². The fourth-order valence-corrected chi connectivity index (χ4v) is 4.79. The van der Waals surface area contributed by atoms with Crippen molar-refractivity contribution in [2.24, 2.45) is 5.92 Å². The van der Waals surface area contributed by atoms with Crippen molar-refractivity contribution >= 4 is 28.7 Å². The quantitative estimate of drug-likeness (QED) is 0.641. The van der Waals surface area contributed by atoms with E-state index in [2.05, 4.69) is 36.6 Å². The maximum Gasteiger partial charge on any atom is 0.175 e. The highest BCUT2D eigenvalue weighted by Crippen LogP contribution is 2.31. The van der Waals surface area contributed by atoms with Gasteiger partial charge in [0.15, 0.2) is 11.6 Å². The van der Waals surface area contributed by atoms with Gasteiger partial charge >= 0.3 is 0 Å². The van der Waals surface area contributed by atoms with Crippen molar-refractivity contribution in [3.05, 3.63) is 42.0 Å². The van der Waals surface area contributed by atoms with E-state index in [1.54, 1.807) is 24.6 Å². The second-order valence-corrected chi connectivity index (χ2v) is 8.43. The highest BCUT2D eigenvalue weighted by atomic mass is 32.1. The van der Waals surface area contributed by atoms with Crippen molar-refractivity contribution in [2.45, 2.75) is 18.9 Å². The second-order valence-electron chi connectivity index (χ2n) is 7.53. The summed E-state index contributed by atoms with van der Waals surface area (Å²) in [6, 6.07) is 8.38. The summed E-state index contributed by atoms with van der Waals surface area (Å²) >= 11 is 1.56. The first kappa shape index (κ1) is 18.3. The summed E-state index contributed by atoms with van der Waals surface area (Å²) < 4.78 is 5.46. The Morgan fingerprint density at radius 3 is 2.69 bits per heavy atom. The van der Waals surface area contributed by atoms with Gasteiger partial charge in [-0.25, -0.2) is 15.0 Å². The number of rotatable bonds is 6. The van der Waals surface area contributed by atoms with E-state index in [0.717, 1.165) is 34.7 Å². The molecule has 3 aromatic rings. The smallest absolute Gasteiger partial charge is 0.175 e. The van der Waals surface area contributed by atoms with Crippen molar-refractivity contribution in [3.8, 4) is 16.5 Å². The average molecular weight is 409 g/mol. The molecular weight excluding hydrogens is 384 g/mol. The minimum atomic E-state index is 0.523. The van der Waals surface area contributed by atoms with Crippen LogP contribution in [0, 0.1) is 5.92 Å². The maximum atomic E-state index is 5.46. The molecule has 2 N–H and O–H groups in total. The van der Waals surface area contributed by atoms with Gasteiger partial charge in [-0.3, -0.25) is 0 Å². The lowest BCUT2D eigenvalue weighted by molar-refractivity contribution is 0.0975. The Labute approximate surface area is 174 Å². The van der Waals surface area contributed by atoms with Crippen LogP contribution in [0.4, 0.5) is 17.3 Å². The number of thiazole rings is 1. The van der Waals surface area contributed by atoms with Crippen LogP contribution in [0.5, 0.6) is 5.75 Å². The molecule has 0 radical (unpaired) electrons. The van der Waals surface area contributed by atoms with E-state index in [0.29, 0.717) is 17.6 Å². The molecule has 3 fully saturated rings. The first-order valence-corrected chi connectivity index (χ1v) is 10.8. The van der Waals surface area contributed by atoms with Crippen LogP contribution >= 0.6 is 11.3 Å². The Hall–Kier alpha value is -2.71. The van der Waals surface area contributed by atoms with Gasteiger partial charge in [-0.05, 0) is 56.1 Å². The highest BCUT2D eigenvalue weighted by molar-refractivity contribution is 7.13. The number of fused-ring (bicyclic) bond motifs is 3. The molecule has 0 aromatic carbocycles. The monoisotopic (exact) mass is 408 g/mol. The van der Waals surface area contributed by atoms with E-state index in [1.807, 2.05) is 29.8 Å². The Balaban J connectivity index is 1.30. The van der Waals surface area contributed by atoms with Crippen LogP contribution in [-0.4, -0.2) is 52.6 Å². The van der Waals surface area contributed by atoms with Gasteiger partial charge in [-0.1, -0.05) is 0 Å². The first-order valence-electron chi connectivity index (χ1n) is 9.95. The number of ether oxygens (including phenoxy) is 1. The molecule has 7 nitrogen and oxygen atoms in total. The number of nitrogens with one attached hydrogen (secondary N) is 2. The van der Waals surface area contributed by atoms with Crippen LogP contribution in [0.3, 0.4) is 0 Å². The summed E-state index contributed by atoms with van der Waals surface area (Å²) in [5.74, 6) is 2.80. The molecule has 8 heteroatoms. The number of nitrogens with zero attached hydrogens (tertiary/aromatic N) is 4. The zero-order valence-corrected chi connectivity index (χ0v) is 17.2. The fraction of sp³-hybridized carbons (Fsp3) is 0.381. The minimum Gasteiger partial charge on any atom is -0.493 e. The van der Waals surface area contributed by atoms with Crippen LogP contribution < -0.4 is 15.4 Å². The van der Waals surface area contributed by atoms with Crippen molar-refractivity contribution in [1.29, 1.82) is 0 Å². The number of pyridine rings is 2. The summed E-state index contributed by atoms with van der Waals surface area (Å²) in [4.78, 5) is 16.1. The standard InChI is InChI=1S/C21H24N6OS/c1-28-18-4-3-16(21-22-8-11-29-21)25-20(18)26-19-5-2-15(12-23-19)24-17-13-27-9-6-14(17)7-10-27/h2-5,8,11-12,14,17,24H,6-7,9-10,13H2,1H3,(H,23,25,26). The van der Waals surface area contributed by atoms with Crippen molar-refractivity contribution in [3.63, 3.8) is 0 Å². The number of hydrogen-bond donors (Lipinski definition) is 2. The number of methoxy groups -OCH3 is 1. The molecule has 0 spiro atoms. The maximum absolute atomic E-state index is 5.46. The molecule has 3 aromatic heterocycles. The van der Waals surface area contributed by atoms with Gasteiger partial charge in [0.1, 0.15) is 16.5 Å². The van der Waals surface area contributed by atoms with Crippen molar-refractivity contribution < 1.29 is 4.74 Å². The van der Waals surface area contributed by atoms with Gasteiger partial charge in [0.2, 0.25) is 0 Å². The van der Waals surface area contributed by atoms with Crippen molar-refractivity contribution in [2.75, 3.05) is 37.4 Å². The van der Waals surface area contributed by atoms with Gasteiger partial charge in [0.25, 0.3) is 0 Å². The molecule has 6 rings (SSSR count). The van der Waals surface area contributed by atoms with E-state index in [4.69, 9.17) is 4.74 Å². The number of aromatic nitrogens is 3. The van der Waals surface area contributed by atoms with E-state index < -0.39 is 0 Å². The van der Waals surface area contributed by atoms with Crippen molar-refractivity contribution in [1.82, 2.24) is 19.9 Å². The Morgan fingerprint density at radius 1 is 1.14 bits per heavy atom. The molecule has 2 bridgehead atoms. The normalized spacial score (nSPS) is 23.0. The Kier molecular flexibility index (Phi) is 5.03. The number of anilines is 3. The summed E-state index contributed by atoms with van der Waals surface area (Å²) in [5, 5.41) is 9.77. The molecule has 1 atom stereocenters. The minimum absolute atomic E-state index is 0.523. The third kappa shape index (κ3) is 3.90. The lowest BCUT2D eigenvalue weighted by Gasteiger charge is -2.45. The number of piperidine rings is 3. The molecule has 0 saturated carbocycles. The van der Waals surface area contributed by atoms with Gasteiger partial charge < -0.3 is 20.3 Å². The average Bonchev–Trinajstić information content (AvgIpc) is 3.31. The van der Waals surface area contributed by atoms with E-state index in [1.165, 1.54) is 25.9 Å². The molecule has 3 aliphatic heterocycles. The molecule has 3 aliphatic rings. The van der Waals surface area contributed by atoms with Gasteiger partial charge in [-0.2, -0.15) is 0 Å². The topological polar surface area (TPSA) is 75.2 Å². The molecule has 1 unspecified atom stereocenters.